The van der Waals surface area contributed by atoms with Gasteiger partial charge in [-0.05, 0) is 73.9 Å². The molecule has 33 heavy (non-hydrogen) atoms. The molecular weight excluding hydrogens is 489 g/mol. The summed E-state index contributed by atoms with van der Waals surface area (Å²) in [5.74, 6) is 1.59. The molecular formula is C26H35Cl2N3S2. The Kier molecular flexibility index (Phi) is 8.86. The van der Waals surface area contributed by atoms with Crippen molar-refractivity contribution < 1.29 is 0 Å². The molecule has 0 amide bonds. The minimum atomic E-state index is 0.301. The zero-order chi connectivity index (χ0) is 23.4. The Labute approximate surface area is 218 Å². The summed E-state index contributed by atoms with van der Waals surface area (Å²) in [5, 5.41) is 7.28. The Morgan fingerprint density at radius 2 is 2.15 bits per heavy atom. The van der Waals surface area contributed by atoms with Crippen LogP contribution in [-0.4, -0.2) is 53.5 Å². The number of thioether (sulfide) groups is 2. The summed E-state index contributed by atoms with van der Waals surface area (Å²) in [5.41, 5.74) is 4.21. The van der Waals surface area contributed by atoms with Crippen molar-refractivity contribution in [3.05, 3.63) is 69.7 Å². The second kappa shape index (κ2) is 11.5. The predicted molar refractivity (Wildman–Crippen MR) is 148 cm³/mol. The largest absolute Gasteiger partial charge is 0.388 e. The summed E-state index contributed by atoms with van der Waals surface area (Å²) >= 11 is 16.2. The van der Waals surface area contributed by atoms with Crippen LogP contribution in [0.25, 0.3) is 0 Å². The van der Waals surface area contributed by atoms with Crippen LogP contribution in [0.15, 0.2) is 54.1 Å². The molecule has 7 heteroatoms. The van der Waals surface area contributed by atoms with Gasteiger partial charge in [-0.3, -0.25) is 9.80 Å². The van der Waals surface area contributed by atoms with Crippen molar-refractivity contribution in [2.45, 2.75) is 36.9 Å². The van der Waals surface area contributed by atoms with E-state index >= 15 is 0 Å². The van der Waals surface area contributed by atoms with Crippen LogP contribution in [0, 0.1) is 11.3 Å². The third-order valence-electron chi connectivity index (χ3n) is 6.96. The molecule has 3 nitrogen and oxygen atoms in total. The number of rotatable bonds is 10. The first kappa shape index (κ1) is 25.5. The topological polar surface area (TPSA) is 18.5 Å². The van der Waals surface area contributed by atoms with Gasteiger partial charge in [-0.1, -0.05) is 41.9 Å². The van der Waals surface area contributed by atoms with E-state index in [0.29, 0.717) is 26.1 Å². The number of hydrogen-bond donors (Lipinski definition) is 1. The fourth-order valence-corrected chi connectivity index (χ4v) is 7.38. The Hall–Kier alpha value is -0.560. The minimum absolute atomic E-state index is 0.301. The van der Waals surface area contributed by atoms with Crippen LogP contribution in [0.5, 0.6) is 0 Å². The molecule has 180 valence electrons. The van der Waals surface area contributed by atoms with Gasteiger partial charge in [0.2, 0.25) is 0 Å². The Morgan fingerprint density at radius 1 is 1.33 bits per heavy atom. The van der Waals surface area contributed by atoms with Crippen LogP contribution >= 0.6 is 46.7 Å². The van der Waals surface area contributed by atoms with E-state index in [1.165, 1.54) is 31.2 Å². The van der Waals surface area contributed by atoms with Crippen molar-refractivity contribution >= 4 is 46.7 Å². The van der Waals surface area contributed by atoms with E-state index in [2.05, 4.69) is 52.9 Å². The average molecular weight is 525 g/mol. The van der Waals surface area contributed by atoms with Gasteiger partial charge in [0.1, 0.15) is 4.71 Å². The first-order valence-corrected chi connectivity index (χ1v) is 14.5. The highest BCUT2D eigenvalue weighted by atomic mass is 35.5. The van der Waals surface area contributed by atoms with E-state index in [-0.39, 0.29) is 0 Å². The summed E-state index contributed by atoms with van der Waals surface area (Å²) in [6, 6.07) is 5.96. The normalized spacial score (nSPS) is 25.4. The maximum atomic E-state index is 6.19. The quantitative estimate of drug-likeness (QED) is 0.336. The number of allylic oxidation sites excluding steroid dienone is 1. The van der Waals surface area contributed by atoms with Gasteiger partial charge in [-0.15, -0.1) is 30.1 Å². The lowest BCUT2D eigenvalue weighted by molar-refractivity contribution is 0.167. The lowest BCUT2D eigenvalue weighted by atomic mass is 9.97. The van der Waals surface area contributed by atoms with Crippen LogP contribution in [0.3, 0.4) is 0 Å². The van der Waals surface area contributed by atoms with Crippen molar-refractivity contribution in [1.29, 1.82) is 0 Å². The number of piperidine rings is 1. The van der Waals surface area contributed by atoms with Crippen LogP contribution < -0.4 is 5.32 Å². The number of likely N-dealkylation sites (tertiary alicyclic amines) is 1. The molecule has 0 aromatic heterocycles. The van der Waals surface area contributed by atoms with E-state index < -0.39 is 0 Å². The average Bonchev–Trinajstić information content (AvgIpc) is 3.61. The standard InChI is InChI=1S/C26H35Cl2N3S2/c1-4-26(9-10-26)22-16-30(3)25(33-18-22)32-17-19(2)29-13-21-6-5-11-31(15-21)14-20-7-8-23(27)24(28)12-20/h4,7-8,12,18,21,25,29H,1-2,5-6,9-11,13-17H2,3H3. The van der Waals surface area contributed by atoms with Crippen molar-refractivity contribution in [2.75, 3.05) is 39.0 Å². The van der Waals surface area contributed by atoms with E-state index in [1.54, 1.807) is 5.57 Å². The van der Waals surface area contributed by atoms with Gasteiger partial charge in [0.15, 0.2) is 0 Å². The predicted octanol–water partition coefficient (Wildman–Crippen LogP) is 6.85. The highest BCUT2D eigenvalue weighted by molar-refractivity contribution is 8.18. The number of likely N-dealkylation sites (N-methyl/N-ethyl adjacent to an activating group) is 1. The molecule has 2 fully saturated rings. The van der Waals surface area contributed by atoms with Crippen LogP contribution in [-0.2, 0) is 6.54 Å². The van der Waals surface area contributed by atoms with Crippen LogP contribution in [0.4, 0.5) is 0 Å². The first-order valence-electron chi connectivity index (χ1n) is 11.8. The molecule has 1 saturated carbocycles. The fourth-order valence-electron chi connectivity index (χ4n) is 4.73. The fraction of sp³-hybridized carbons (Fsp3) is 0.538. The van der Waals surface area contributed by atoms with E-state index in [1.807, 2.05) is 35.7 Å². The molecule has 1 N–H and O–H groups in total. The van der Waals surface area contributed by atoms with Crippen LogP contribution in [0.2, 0.25) is 10.0 Å². The van der Waals surface area contributed by atoms with Gasteiger partial charge in [-0.2, -0.15) is 0 Å². The SMILES string of the molecule is C=CC1(C2=CSC(SCC(=C)NCC3CCCN(Cc4ccc(Cl)c(Cl)c4)C3)N(C)C2)CC1. The summed E-state index contributed by atoms with van der Waals surface area (Å²) in [4.78, 5) is 4.99. The lowest BCUT2D eigenvalue weighted by Gasteiger charge is -2.34. The monoisotopic (exact) mass is 523 g/mol. The van der Waals surface area contributed by atoms with Crippen molar-refractivity contribution in [3.63, 3.8) is 0 Å². The maximum absolute atomic E-state index is 6.19. The third kappa shape index (κ3) is 6.77. The molecule has 0 spiro atoms. The molecule has 2 heterocycles. The Morgan fingerprint density at radius 3 is 2.85 bits per heavy atom. The second-order valence-corrected chi connectivity index (χ2v) is 12.8. The summed E-state index contributed by atoms with van der Waals surface area (Å²) in [7, 11) is 2.23. The van der Waals surface area contributed by atoms with Gasteiger partial charge in [-0.25, -0.2) is 0 Å². The molecule has 1 aromatic carbocycles. The lowest BCUT2D eigenvalue weighted by Crippen LogP contribution is -2.39. The number of hydrogen-bond acceptors (Lipinski definition) is 5. The Bertz CT molecular complexity index is 900. The molecule has 4 rings (SSSR count). The van der Waals surface area contributed by atoms with Gasteiger partial charge < -0.3 is 5.32 Å². The zero-order valence-electron chi connectivity index (χ0n) is 19.5. The molecule has 1 aromatic rings. The van der Waals surface area contributed by atoms with E-state index in [4.69, 9.17) is 23.2 Å². The molecule has 1 aliphatic carbocycles. The van der Waals surface area contributed by atoms with Gasteiger partial charge in [0.25, 0.3) is 0 Å². The summed E-state index contributed by atoms with van der Waals surface area (Å²) in [6.45, 7) is 13.6. The zero-order valence-corrected chi connectivity index (χ0v) is 22.6. The minimum Gasteiger partial charge on any atom is -0.388 e. The van der Waals surface area contributed by atoms with Gasteiger partial charge in [0, 0.05) is 43.0 Å². The highest BCUT2D eigenvalue weighted by Crippen LogP contribution is 2.55. The number of halogens is 2. The summed E-state index contributed by atoms with van der Waals surface area (Å²) in [6.07, 6.45) is 7.19. The van der Waals surface area contributed by atoms with Crippen molar-refractivity contribution in [3.8, 4) is 0 Å². The van der Waals surface area contributed by atoms with Gasteiger partial charge >= 0.3 is 0 Å². The van der Waals surface area contributed by atoms with Crippen molar-refractivity contribution in [1.82, 2.24) is 15.1 Å². The maximum Gasteiger partial charge on any atom is 0.107 e. The first-order chi connectivity index (χ1) is 15.9. The molecule has 1 saturated heterocycles. The molecule has 3 aliphatic rings. The van der Waals surface area contributed by atoms with E-state index in [0.717, 1.165) is 44.2 Å². The number of nitrogens with one attached hydrogen (secondary N) is 1. The molecule has 2 atom stereocenters. The molecule has 0 bridgehead atoms. The van der Waals surface area contributed by atoms with Gasteiger partial charge in [0.05, 0.1) is 10.0 Å². The summed E-state index contributed by atoms with van der Waals surface area (Å²) < 4.78 is 0.448. The molecule has 2 unspecified atom stereocenters. The third-order valence-corrected chi connectivity index (χ3v) is 10.6. The smallest absolute Gasteiger partial charge is 0.107 e. The molecule has 2 aliphatic heterocycles. The number of nitrogens with zero attached hydrogens (tertiary/aromatic N) is 2. The highest BCUT2D eigenvalue weighted by Gasteiger charge is 2.44. The number of benzene rings is 1. The van der Waals surface area contributed by atoms with Crippen LogP contribution in [0.1, 0.15) is 31.2 Å². The molecule has 0 radical (unpaired) electrons. The second-order valence-electron chi connectivity index (χ2n) is 9.65. The van der Waals surface area contributed by atoms with Crippen molar-refractivity contribution in [2.24, 2.45) is 11.3 Å². The Balaban J connectivity index is 1.17. The van der Waals surface area contributed by atoms with E-state index in [9.17, 15) is 0 Å².